The third-order valence-corrected chi connectivity index (χ3v) is 6.36. The van der Waals surface area contributed by atoms with Crippen molar-refractivity contribution in [3.05, 3.63) is 30.3 Å². The van der Waals surface area contributed by atoms with Crippen LogP contribution in [0.3, 0.4) is 0 Å². The van der Waals surface area contributed by atoms with Gasteiger partial charge in [-0.05, 0) is 26.2 Å². The number of carbonyl (C=O) groups is 3. The summed E-state index contributed by atoms with van der Waals surface area (Å²) in [6.07, 6.45) is 0.682. The van der Waals surface area contributed by atoms with Gasteiger partial charge in [0.25, 0.3) is 0 Å². The Labute approximate surface area is 191 Å². The predicted molar refractivity (Wildman–Crippen MR) is 122 cm³/mol. The Hall–Kier alpha value is -2.85. The SMILES string of the molecule is CC[C@@H](C)C(=O)N[C@H](C(=O)N1CCC[C@H]1C(=O)Nc1snnc1-c1ccccc1)[C@@H](C)O. The molecule has 0 unspecified atom stereocenters. The van der Waals surface area contributed by atoms with Gasteiger partial charge in [0.1, 0.15) is 22.8 Å². The maximum atomic E-state index is 13.2. The average molecular weight is 460 g/mol. The number of rotatable bonds is 8. The summed E-state index contributed by atoms with van der Waals surface area (Å²) in [5.74, 6) is -1.37. The second-order valence-corrected chi connectivity index (χ2v) is 8.79. The Balaban J connectivity index is 1.73. The molecule has 1 saturated heterocycles. The number of amides is 3. The molecule has 1 fully saturated rings. The maximum Gasteiger partial charge on any atom is 0.248 e. The molecule has 1 aliphatic rings. The third kappa shape index (κ3) is 5.31. The first-order valence-corrected chi connectivity index (χ1v) is 11.6. The molecule has 0 saturated carbocycles. The molecule has 1 aromatic heterocycles. The Kier molecular flexibility index (Phi) is 7.92. The molecule has 9 nitrogen and oxygen atoms in total. The van der Waals surface area contributed by atoms with E-state index in [2.05, 4.69) is 20.2 Å². The number of hydrogen-bond donors (Lipinski definition) is 3. The molecule has 0 spiro atoms. The van der Waals surface area contributed by atoms with E-state index < -0.39 is 24.1 Å². The molecule has 3 N–H and O–H groups in total. The second-order valence-electron chi connectivity index (χ2n) is 8.03. The second kappa shape index (κ2) is 10.6. The van der Waals surface area contributed by atoms with Gasteiger partial charge in [0, 0.05) is 29.6 Å². The van der Waals surface area contributed by atoms with Crippen molar-refractivity contribution in [2.45, 2.75) is 58.2 Å². The number of aliphatic hydroxyl groups excluding tert-OH is 1. The Bertz CT molecular complexity index is 949. The van der Waals surface area contributed by atoms with Crippen molar-refractivity contribution in [2.75, 3.05) is 11.9 Å². The summed E-state index contributed by atoms with van der Waals surface area (Å²) in [5, 5.41) is 20.3. The lowest BCUT2D eigenvalue weighted by Crippen LogP contribution is -2.57. The maximum absolute atomic E-state index is 13.2. The number of likely N-dealkylation sites (tertiary alicyclic amines) is 1. The van der Waals surface area contributed by atoms with Crippen LogP contribution in [0.15, 0.2) is 30.3 Å². The van der Waals surface area contributed by atoms with Gasteiger partial charge in [-0.3, -0.25) is 14.4 Å². The van der Waals surface area contributed by atoms with E-state index in [1.807, 2.05) is 37.3 Å². The van der Waals surface area contributed by atoms with Gasteiger partial charge in [0.2, 0.25) is 17.7 Å². The highest BCUT2D eigenvalue weighted by Crippen LogP contribution is 2.30. The summed E-state index contributed by atoms with van der Waals surface area (Å²) >= 11 is 1.07. The van der Waals surface area contributed by atoms with Gasteiger partial charge in [-0.25, -0.2) is 0 Å². The molecule has 3 rings (SSSR count). The molecule has 3 amide bonds. The molecule has 1 aromatic carbocycles. The molecule has 0 radical (unpaired) electrons. The van der Waals surface area contributed by atoms with Crippen LogP contribution >= 0.6 is 11.5 Å². The van der Waals surface area contributed by atoms with E-state index in [9.17, 15) is 19.5 Å². The Morgan fingerprint density at radius 3 is 2.62 bits per heavy atom. The van der Waals surface area contributed by atoms with Crippen LogP contribution in [0.4, 0.5) is 5.00 Å². The van der Waals surface area contributed by atoms with Crippen molar-refractivity contribution < 1.29 is 19.5 Å². The van der Waals surface area contributed by atoms with Crippen molar-refractivity contribution in [1.29, 1.82) is 0 Å². The zero-order valence-corrected chi connectivity index (χ0v) is 19.3. The highest BCUT2D eigenvalue weighted by atomic mass is 32.1. The number of benzene rings is 1. The molecular weight excluding hydrogens is 430 g/mol. The highest BCUT2D eigenvalue weighted by Gasteiger charge is 2.39. The third-order valence-electron chi connectivity index (χ3n) is 5.72. The largest absolute Gasteiger partial charge is 0.391 e. The summed E-state index contributed by atoms with van der Waals surface area (Å²) in [6, 6.07) is 7.60. The predicted octanol–water partition coefficient (Wildman–Crippen LogP) is 2.05. The summed E-state index contributed by atoms with van der Waals surface area (Å²) in [7, 11) is 0. The van der Waals surface area contributed by atoms with Crippen molar-refractivity contribution >= 4 is 34.3 Å². The lowest BCUT2D eigenvalue weighted by molar-refractivity contribution is -0.143. The fourth-order valence-electron chi connectivity index (χ4n) is 3.60. The first kappa shape index (κ1) is 23.8. The molecule has 0 bridgehead atoms. The molecule has 2 aromatic rings. The van der Waals surface area contributed by atoms with Crippen LogP contribution in [0.5, 0.6) is 0 Å². The van der Waals surface area contributed by atoms with Crippen LogP contribution < -0.4 is 10.6 Å². The van der Waals surface area contributed by atoms with Crippen LogP contribution in [0.25, 0.3) is 11.3 Å². The molecule has 32 heavy (non-hydrogen) atoms. The number of nitrogens with one attached hydrogen (secondary N) is 2. The number of anilines is 1. The molecule has 10 heteroatoms. The summed E-state index contributed by atoms with van der Waals surface area (Å²) in [5.41, 5.74) is 1.40. The molecule has 1 aliphatic heterocycles. The van der Waals surface area contributed by atoms with Gasteiger partial charge in [-0.2, -0.15) is 0 Å². The number of aromatic nitrogens is 2. The van der Waals surface area contributed by atoms with Gasteiger partial charge in [0.15, 0.2) is 0 Å². The molecular formula is C22H29N5O4S. The van der Waals surface area contributed by atoms with Crippen molar-refractivity contribution in [1.82, 2.24) is 19.8 Å². The zero-order chi connectivity index (χ0) is 23.3. The van der Waals surface area contributed by atoms with E-state index in [1.54, 1.807) is 6.92 Å². The van der Waals surface area contributed by atoms with Gasteiger partial charge < -0.3 is 20.6 Å². The Morgan fingerprint density at radius 2 is 1.97 bits per heavy atom. The van der Waals surface area contributed by atoms with E-state index >= 15 is 0 Å². The standard InChI is InChI=1S/C22H29N5O4S/c1-4-13(2)19(29)23-17(14(3)28)22(31)27-12-8-11-16(27)20(30)24-21-18(25-26-32-21)15-9-6-5-7-10-15/h5-7,9-10,13-14,16-17,28H,4,8,11-12H2,1-3H3,(H,23,29)(H,24,30)/t13-,14-,16+,17+/m1/s1. The molecule has 0 aliphatic carbocycles. The first-order valence-electron chi connectivity index (χ1n) is 10.8. The van der Waals surface area contributed by atoms with Crippen molar-refractivity contribution in [3.63, 3.8) is 0 Å². The highest BCUT2D eigenvalue weighted by molar-refractivity contribution is 7.10. The lowest BCUT2D eigenvalue weighted by atomic mass is 10.1. The number of nitrogens with zero attached hydrogens (tertiary/aromatic N) is 3. The van der Waals surface area contributed by atoms with E-state index in [1.165, 1.54) is 11.8 Å². The van der Waals surface area contributed by atoms with E-state index in [-0.39, 0.29) is 17.7 Å². The average Bonchev–Trinajstić information content (AvgIpc) is 3.46. The first-order chi connectivity index (χ1) is 15.3. The Morgan fingerprint density at radius 1 is 1.25 bits per heavy atom. The summed E-state index contributed by atoms with van der Waals surface area (Å²) in [6.45, 7) is 5.48. The number of aliphatic hydroxyl groups is 1. The van der Waals surface area contributed by atoms with Gasteiger partial charge in [-0.1, -0.05) is 48.7 Å². The molecule has 2 heterocycles. The van der Waals surface area contributed by atoms with Crippen molar-refractivity contribution in [2.24, 2.45) is 5.92 Å². The monoisotopic (exact) mass is 459 g/mol. The quantitative estimate of drug-likeness (QED) is 0.555. The molecule has 172 valence electrons. The zero-order valence-electron chi connectivity index (χ0n) is 18.4. The number of hydrogen-bond acceptors (Lipinski definition) is 7. The van der Waals surface area contributed by atoms with Gasteiger partial charge in [0.05, 0.1) is 6.10 Å². The van der Waals surface area contributed by atoms with E-state index in [4.69, 9.17) is 0 Å². The minimum absolute atomic E-state index is 0.281. The van der Waals surface area contributed by atoms with Crippen LogP contribution in [0, 0.1) is 5.92 Å². The normalized spacial score (nSPS) is 18.6. The van der Waals surface area contributed by atoms with Crippen molar-refractivity contribution in [3.8, 4) is 11.3 Å². The van der Waals surface area contributed by atoms with E-state index in [0.717, 1.165) is 17.1 Å². The summed E-state index contributed by atoms with van der Waals surface area (Å²) in [4.78, 5) is 40.0. The minimum Gasteiger partial charge on any atom is -0.391 e. The topological polar surface area (TPSA) is 125 Å². The fourth-order valence-corrected chi connectivity index (χ4v) is 4.20. The van der Waals surface area contributed by atoms with Crippen LogP contribution in [-0.2, 0) is 14.4 Å². The molecule has 4 atom stereocenters. The van der Waals surface area contributed by atoms with Crippen LogP contribution in [-0.4, -0.2) is 62.0 Å². The smallest absolute Gasteiger partial charge is 0.248 e. The number of carbonyl (C=O) groups excluding carboxylic acids is 3. The van der Waals surface area contributed by atoms with Gasteiger partial charge in [-0.15, -0.1) is 5.10 Å². The van der Waals surface area contributed by atoms with E-state index in [0.29, 0.717) is 36.5 Å². The lowest BCUT2D eigenvalue weighted by Gasteiger charge is -2.30. The van der Waals surface area contributed by atoms with Crippen LogP contribution in [0.1, 0.15) is 40.0 Å². The summed E-state index contributed by atoms with van der Waals surface area (Å²) < 4.78 is 3.96. The van der Waals surface area contributed by atoms with Gasteiger partial charge >= 0.3 is 0 Å². The van der Waals surface area contributed by atoms with Crippen LogP contribution in [0.2, 0.25) is 0 Å². The fraction of sp³-hybridized carbons (Fsp3) is 0.500. The minimum atomic E-state index is -1.10.